The zero-order valence-corrected chi connectivity index (χ0v) is 11.6. The summed E-state index contributed by atoms with van der Waals surface area (Å²) in [5.74, 6) is -0.0284. The maximum atomic E-state index is 11.7. The van der Waals surface area contributed by atoms with Crippen molar-refractivity contribution < 1.29 is 4.79 Å². The number of carbonyl (C=O) groups is 1. The SMILES string of the molecule is Cn1cccc(CNC(=O)CCc2cccs2)c1=O. The summed E-state index contributed by atoms with van der Waals surface area (Å²) in [5, 5.41) is 4.78. The second-order valence-corrected chi connectivity index (χ2v) is 5.34. The Labute approximate surface area is 115 Å². The molecule has 0 fully saturated rings. The van der Waals surface area contributed by atoms with E-state index in [1.54, 1.807) is 36.7 Å². The summed E-state index contributed by atoms with van der Waals surface area (Å²) in [5.41, 5.74) is 0.538. The molecule has 0 aliphatic rings. The van der Waals surface area contributed by atoms with Gasteiger partial charge in [-0.1, -0.05) is 12.1 Å². The third-order valence-corrected chi connectivity index (χ3v) is 3.79. The topological polar surface area (TPSA) is 51.1 Å². The second kappa shape index (κ2) is 6.33. The molecule has 0 saturated carbocycles. The quantitative estimate of drug-likeness (QED) is 0.903. The van der Waals surface area contributed by atoms with Crippen molar-refractivity contribution >= 4 is 17.2 Å². The van der Waals surface area contributed by atoms with Crippen LogP contribution in [0, 0.1) is 0 Å². The molecule has 0 saturated heterocycles. The standard InChI is InChI=1S/C14H16N2O2S/c1-16-8-2-4-11(14(16)18)10-15-13(17)7-6-12-5-3-9-19-12/h2-5,8-9H,6-7,10H2,1H3,(H,15,17). The maximum absolute atomic E-state index is 11.7. The predicted molar refractivity (Wildman–Crippen MR) is 76.2 cm³/mol. The van der Waals surface area contributed by atoms with Gasteiger partial charge in [0.2, 0.25) is 5.91 Å². The Morgan fingerprint density at radius 1 is 1.37 bits per heavy atom. The highest BCUT2D eigenvalue weighted by molar-refractivity contribution is 7.09. The summed E-state index contributed by atoms with van der Waals surface area (Å²) in [6, 6.07) is 7.53. The highest BCUT2D eigenvalue weighted by Crippen LogP contribution is 2.10. The van der Waals surface area contributed by atoms with Gasteiger partial charge in [0.05, 0.1) is 0 Å². The van der Waals surface area contributed by atoms with E-state index < -0.39 is 0 Å². The fraction of sp³-hybridized carbons (Fsp3) is 0.286. The number of carbonyl (C=O) groups excluding carboxylic acids is 1. The first kappa shape index (κ1) is 13.5. The van der Waals surface area contributed by atoms with Gasteiger partial charge in [0.1, 0.15) is 0 Å². The lowest BCUT2D eigenvalue weighted by molar-refractivity contribution is -0.121. The Bertz CT molecular complexity index is 602. The molecule has 2 heterocycles. The molecule has 2 aromatic heterocycles. The fourth-order valence-electron chi connectivity index (χ4n) is 1.76. The van der Waals surface area contributed by atoms with Crippen molar-refractivity contribution in [2.45, 2.75) is 19.4 Å². The van der Waals surface area contributed by atoms with E-state index in [0.717, 1.165) is 6.42 Å². The Morgan fingerprint density at radius 2 is 2.21 bits per heavy atom. The Morgan fingerprint density at radius 3 is 2.95 bits per heavy atom. The molecular formula is C14H16N2O2S. The average Bonchev–Trinajstić information content (AvgIpc) is 2.91. The van der Waals surface area contributed by atoms with E-state index in [0.29, 0.717) is 12.0 Å². The molecule has 1 amide bonds. The van der Waals surface area contributed by atoms with Crippen LogP contribution in [0.3, 0.4) is 0 Å². The van der Waals surface area contributed by atoms with Crippen molar-refractivity contribution in [1.82, 2.24) is 9.88 Å². The lowest BCUT2D eigenvalue weighted by Gasteiger charge is -2.05. The van der Waals surface area contributed by atoms with E-state index in [1.807, 2.05) is 17.5 Å². The van der Waals surface area contributed by atoms with Gasteiger partial charge in [0, 0.05) is 36.7 Å². The predicted octanol–water partition coefficient (Wildman–Crippen LogP) is 1.70. The molecule has 0 radical (unpaired) electrons. The van der Waals surface area contributed by atoms with E-state index in [2.05, 4.69) is 5.32 Å². The molecule has 0 aromatic carbocycles. The summed E-state index contributed by atoms with van der Waals surface area (Å²) >= 11 is 1.65. The lowest BCUT2D eigenvalue weighted by Crippen LogP contribution is -2.28. The Hall–Kier alpha value is -1.88. The molecule has 0 bridgehead atoms. The molecule has 0 aliphatic carbocycles. The van der Waals surface area contributed by atoms with E-state index in [4.69, 9.17) is 0 Å². The molecule has 2 rings (SSSR count). The molecule has 0 unspecified atom stereocenters. The van der Waals surface area contributed by atoms with Gasteiger partial charge < -0.3 is 9.88 Å². The first-order valence-electron chi connectivity index (χ1n) is 6.10. The van der Waals surface area contributed by atoms with Gasteiger partial charge in [0.25, 0.3) is 5.56 Å². The highest BCUT2D eigenvalue weighted by Gasteiger charge is 2.05. The number of rotatable bonds is 5. The van der Waals surface area contributed by atoms with Gasteiger partial charge in [-0.05, 0) is 23.9 Å². The van der Waals surface area contributed by atoms with Gasteiger partial charge in [-0.15, -0.1) is 11.3 Å². The van der Waals surface area contributed by atoms with Crippen LogP contribution in [0.4, 0.5) is 0 Å². The van der Waals surface area contributed by atoms with Crippen molar-refractivity contribution in [2.24, 2.45) is 7.05 Å². The van der Waals surface area contributed by atoms with E-state index in [1.165, 1.54) is 9.44 Å². The van der Waals surface area contributed by atoms with Crippen molar-refractivity contribution in [1.29, 1.82) is 0 Å². The molecule has 0 aliphatic heterocycles. The number of thiophene rings is 1. The first-order chi connectivity index (χ1) is 9.16. The fourth-order valence-corrected chi connectivity index (χ4v) is 2.47. The molecule has 0 atom stereocenters. The van der Waals surface area contributed by atoms with E-state index in [-0.39, 0.29) is 18.0 Å². The smallest absolute Gasteiger partial charge is 0.255 e. The van der Waals surface area contributed by atoms with Crippen LogP contribution in [0.2, 0.25) is 0 Å². The third-order valence-electron chi connectivity index (χ3n) is 2.86. The third kappa shape index (κ3) is 3.79. The van der Waals surface area contributed by atoms with Crippen LogP contribution >= 0.6 is 11.3 Å². The van der Waals surface area contributed by atoms with Crippen LogP contribution in [0.1, 0.15) is 16.9 Å². The minimum Gasteiger partial charge on any atom is -0.352 e. The lowest BCUT2D eigenvalue weighted by atomic mass is 10.2. The molecular weight excluding hydrogens is 260 g/mol. The van der Waals surface area contributed by atoms with E-state index >= 15 is 0 Å². The normalized spacial score (nSPS) is 10.4. The number of nitrogens with zero attached hydrogens (tertiary/aromatic N) is 1. The summed E-state index contributed by atoms with van der Waals surface area (Å²) < 4.78 is 1.51. The largest absolute Gasteiger partial charge is 0.352 e. The zero-order chi connectivity index (χ0) is 13.7. The number of nitrogens with one attached hydrogen (secondary N) is 1. The Balaban J connectivity index is 1.83. The van der Waals surface area contributed by atoms with Crippen molar-refractivity contribution in [3.8, 4) is 0 Å². The summed E-state index contributed by atoms with van der Waals surface area (Å²) in [7, 11) is 1.70. The van der Waals surface area contributed by atoms with Crippen LogP contribution in [0.5, 0.6) is 0 Å². The molecule has 1 N–H and O–H groups in total. The van der Waals surface area contributed by atoms with Crippen molar-refractivity contribution in [3.05, 3.63) is 56.6 Å². The first-order valence-corrected chi connectivity index (χ1v) is 6.98. The van der Waals surface area contributed by atoms with Gasteiger partial charge >= 0.3 is 0 Å². The van der Waals surface area contributed by atoms with Crippen LogP contribution in [-0.2, 0) is 24.8 Å². The number of hydrogen-bond acceptors (Lipinski definition) is 3. The minimum atomic E-state index is -0.0685. The Kier molecular flexibility index (Phi) is 4.52. The maximum Gasteiger partial charge on any atom is 0.255 e. The van der Waals surface area contributed by atoms with Crippen LogP contribution in [0.15, 0.2) is 40.6 Å². The number of aryl methyl sites for hydroxylation is 2. The number of aromatic nitrogens is 1. The molecule has 4 nitrogen and oxygen atoms in total. The monoisotopic (exact) mass is 276 g/mol. The molecule has 19 heavy (non-hydrogen) atoms. The molecule has 0 spiro atoms. The van der Waals surface area contributed by atoms with Crippen molar-refractivity contribution in [3.63, 3.8) is 0 Å². The molecule has 2 aromatic rings. The summed E-state index contributed by atoms with van der Waals surface area (Å²) in [4.78, 5) is 24.6. The summed E-state index contributed by atoms with van der Waals surface area (Å²) in [6.07, 6.45) is 2.90. The number of hydrogen-bond donors (Lipinski definition) is 1. The second-order valence-electron chi connectivity index (χ2n) is 4.31. The van der Waals surface area contributed by atoms with Crippen molar-refractivity contribution in [2.75, 3.05) is 0 Å². The van der Waals surface area contributed by atoms with Gasteiger partial charge in [-0.25, -0.2) is 0 Å². The zero-order valence-electron chi connectivity index (χ0n) is 10.8. The number of pyridine rings is 1. The van der Waals surface area contributed by atoms with Crippen LogP contribution < -0.4 is 10.9 Å². The van der Waals surface area contributed by atoms with Gasteiger partial charge in [-0.2, -0.15) is 0 Å². The van der Waals surface area contributed by atoms with Gasteiger partial charge in [-0.3, -0.25) is 9.59 Å². The molecule has 100 valence electrons. The molecule has 5 heteroatoms. The van der Waals surface area contributed by atoms with Crippen LogP contribution in [0.25, 0.3) is 0 Å². The summed E-state index contributed by atoms with van der Waals surface area (Å²) in [6.45, 7) is 0.288. The number of amides is 1. The van der Waals surface area contributed by atoms with E-state index in [9.17, 15) is 9.59 Å². The average molecular weight is 276 g/mol. The minimum absolute atomic E-state index is 0.0284. The van der Waals surface area contributed by atoms with Crippen LogP contribution in [-0.4, -0.2) is 10.5 Å². The highest BCUT2D eigenvalue weighted by atomic mass is 32.1. The van der Waals surface area contributed by atoms with Gasteiger partial charge in [0.15, 0.2) is 0 Å².